The van der Waals surface area contributed by atoms with Crippen LogP contribution in [0.25, 0.3) is 0 Å². The fourth-order valence-corrected chi connectivity index (χ4v) is 2.76. The highest BCUT2D eigenvalue weighted by Gasteiger charge is 2.25. The molecule has 0 saturated heterocycles. The minimum atomic E-state index is 0.393. The normalized spacial score (nSPS) is 19.5. The van der Waals surface area contributed by atoms with Crippen LogP contribution >= 0.6 is 0 Å². The Morgan fingerprint density at radius 1 is 1.29 bits per heavy atom. The topological polar surface area (TPSA) is 17.1 Å². The lowest BCUT2D eigenvalue weighted by Gasteiger charge is -2.17. The van der Waals surface area contributed by atoms with E-state index in [1.54, 1.807) is 0 Å². The van der Waals surface area contributed by atoms with Gasteiger partial charge in [0, 0.05) is 6.42 Å². The molecule has 0 N–H and O–H groups in total. The van der Waals surface area contributed by atoms with Gasteiger partial charge in [-0.2, -0.15) is 0 Å². The molecule has 0 aliphatic heterocycles. The molecule has 0 spiro atoms. The number of ketones is 1. The molecular formula is C16H26O. The quantitative estimate of drug-likeness (QED) is 0.631. The highest BCUT2D eigenvalue weighted by molar-refractivity contribution is 5.98. The highest BCUT2D eigenvalue weighted by Crippen LogP contribution is 2.32. The van der Waals surface area contributed by atoms with Gasteiger partial charge in [-0.15, -0.1) is 0 Å². The standard InChI is InChI=1S/C16H26O/c1-11(2)6-7-12(3)10-14(5)16-13(4)8-9-15(16)17/h6,12,14H,7-10H2,1-5H3. The Morgan fingerprint density at radius 2 is 1.94 bits per heavy atom. The summed E-state index contributed by atoms with van der Waals surface area (Å²) in [7, 11) is 0. The molecule has 1 heteroatoms. The SMILES string of the molecule is CC(C)=CCC(C)CC(C)C1=C(C)CCC1=O. The second kappa shape index (κ2) is 6.18. The zero-order valence-electron chi connectivity index (χ0n) is 12.0. The number of Topliss-reactive ketones (excluding diaryl/α,β-unsaturated/α-hetero) is 1. The molecule has 1 aliphatic carbocycles. The minimum Gasteiger partial charge on any atom is -0.295 e. The second-order valence-corrected chi connectivity index (χ2v) is 5.88. The van der Waals surface area contributed by atoms with Crippen LogP contribution in [0.4, 0.5) is 0 Å². The summed E-state index contributed by atoms with van der Waals surface area (Å²) < 4.78 is 0. The molecule has 0 radical (unpaired) electrons. The summed E-state index contributed by atoms with van der Waals surface area (Å²) in [5.74, 6) is 1.49. The third-order valence-corrected chi connectivity index (χ3v) is 3.66. The van der Waals surface area contributed by atoms with Crippen molar-refractivity contribution in [2.75, 3.05) is 0 Å². The molecule has 0 fully saturated rings. The van der Waals surface area contributed by atoms with Gasteiger partial charge in [0.2, 0.25) is 0 Å². The lowest BCUT2D eigenvalue weighted by molar-refractivity contribution is -0.115. The van der Waals surface area contributed by atoms with Crippen molar-refractivity contribution >= 4 is 5.78 Å². The molecule has 0 heterocycles. The van der Waals surface area contributed by atoms with Gasteiger partial charge in [0.05, 0.1) is 0 Å². The van der Waals surface area contributed by atoms with Crippen molar-refractivity contribution in [3.8, 4) is 0 Å². The van der Waals surface area contributed by atoms with Crippen LogP contribution in [0.1, 0.15) is 60.3 Å². The van der Waals surface area contributed by atoms with Crippen LogP contribution in [0.15, 0.2) is 22.8 Å². The summed E-state index contributed by atoms with van der Waals surface area (Å²) in [6.45, 7) is 10.9. The van der Waals surface area contributed by atoms with Crippen LogP contribution in [0.3, 0.4) is 0 Å². The van der Waals surface area contributed by atoms with Crippen LogP contribution in [-0.2, 0) is 4.79 Å². The Bertz CT molecular complexity index is 343. The molecule has 1 aliphatic rings. The number of carbonyl (C=O) groups excluding carboxylic acids is 1. The first-order valence-corrected chi connectivity index (χ1v) is 6.78. The zero-order valence-corrected chi connectivity index (χ0v) is 12.0. The number of carbonyl (C=O) groups is 1. The maximum atomic E-state index is 11.8. The monoisotopic (exact) mass is 234 g/mol. The fraction of sp³-hybridized carbons (Fsp3) is 0.688. The summed E-state index contributed by atoms with van der Waals surface area (Å²) >= 11 is 0. The van der Waals surface area contributed by atoms with Crippen LogP contribution in [0.5, 0.6) is 0 Å². The highest BCUT2D eigenvalue weighted by atomic mass is 16.1. The van der Waals surface area contributed by atoms with E-state index in [1.807, 2.05) is 0 Å². The first kappa shape index (κ1) is 14.2. The van der Waals surface area contributed by atoms with E-state index >= 15 is 0 Å². The van der Waals surface area contributed by atoms with Crippen molar-refractivity contribution in [3.63, 3.8) is 0 Å². The summed E-state index contributed by atoms with van der Waals surface area (Å²) in [6, 6.07) is 0. The van der Waals surface area contributed by atoms with Gasteiger partial charge < -0.3 is 0 Å². The molecule has 0 aromatic carbocycles. The Labute approximate surface area is 106 Å². The average Bonchev–Trinajstić information content (AvgIpc) is 2.55. The predicted octanol–water partition coefficient (Wildman–Crippen LogP) is 4.68. The largest absolute Gasteiger partial charge is 0.295 e. The Hall–Kier alpha value is -0.850. The number of hydrogen-bond acceptors (Lipinski definition) is 1. The molecule has 0 amide bonds. The van der Waals surface area contributed by atoms with Gasteiger partial charge in [0.25, 0.3) is 0 Å². The summed E-state index contributed by atoms with van der Waals surface area (Å²) in [4.78, 5) is 11.8. The molecule has 0 aromatic rings. The van der Waals surface area contributed by atoms with E-state index in [-0.39, 0.29) is 0 Å². The molecule has 17 heavy (non-hydrogen) atoms. The summed E-state index contributed by atoms with van der Waals surface area (Å²) in [5, 5.41) is 0. The van der Waals surface area contributed by atoms with Gasteiger partial charge in [-0.3, -0.25) is 4.79 Å². The van der Waals surface area contributed by atoms with Crippen LogP contribution in [0, 0.1) is 11.8 Å². The van der Waals surface area contributed by atoms with E-state index in [0.29, 0.717) is 17.6 Å². The first-order valence-electron chi connectivity index (χ1n) is 6.78. The average molecular weight is 234 g/mol. The van der Waals surface area contributed by atoms with E-state index < -0.39 is 0 Å². The third-order valence-electron chi connectivity index (χ3n) is 3.66. The molecule has 1 nitrogen and oxygen atoms in total. The van der Waals surface area contributed by atoms with Gasteiger partial charge in [0.15, 0.2) is 5.78 Å². The lowest BCUT2D eigenvalue weighted by atomic mass is 9.87. The van der Waals surface area contributed by atoms with Crippen LogP contribution < -0.4 is 0 Å². The molecule has 96 valence electrons. The number of hydrogen-bond donors (Lipinski definition) is 0. The van der Waals surface area contributed by atoms with Gasteiger partial charge in [-0.25, -0.2) is 0 Å². The van der Waals surface area contributed by atoms with Crippen molar-refractivity contribution in [2.45, 2.75) is 60.3 Å². The van der Waals surface area contributed by atoms with E-state index in [2.05, 4.69) is 40.7 Å². The number of allylic oxidation sites excluding steroid dienone is 4. The molecule has 2 unspecified atom stereocenters. The van der Waals surface area contributed by atoms with Crippen LogP contribution in [-0.4, -0.2) is 5.78 Å². The molecule has 2 atom stereocenters. The van der Waals surface area contributed by atoms with Gasteiger partial charge >= 0.3 is 0 Å². The number of rotatable bonds is 5. The summed E-state index contributed by atoms with van der Waals surface area (Å²) in [6.07, 6.45) is 6.29. The van der Waals surface area contributed by atoms with E-state index in [4.69, 9.17) is 0 Å². The van der Waals surface area contributed by atoms with E-state index in [1.165, 1.54) is 11.1 Å². The molecule has 0 bridgehead atoms. The molecule has 1 rings (SSSR count). The third kappa shape index (κ3) is 4.14. The molecule has 0 saturated carbocycles. The van der Waals surface area contributed by atoms with Crippen LogP contribution in [0.2, 0.25) is 0 Å². The maximum Gasteiger partial charge on any atom is 0.159 e. The summed E-state index contributed by atoms with van der Waals surface area (Å²) in [5.41, 5.74) is 3.85. The van der Waals surface area contributed by atoms with Gasteiger partial charge in [-0.05, 0) is 57.4 Å². The minimum absolute atomic E-state index is 0.393. The van der Waals surface area contributed by atoms with Crippen molar-refractivity contribution < 1.29 is 4.79 Å². The zero-order chi connectivity index (χ0) is 13.0. The molecule has 0 aromatic heterocycles. The van der Waals surface area contributed by atoms with Gasteiger partial charge in [0.1, 0.15) is 0 Å². The predicted molar refractivity (Wildman–Crippen MR) is 73.9 cm³/mol. The Balaban J connectivity index is 2.54. The maximum absolute atomic E-state index is 11.8. The fourth-order valence-electron chi connectivity index (χ4n) is 2.76. The molecular weight excluding hydrogens is 208 g/mol. The lowest BCUT2D eigenvalue weighted by Crippen LogP contribution is -2.11. The van der Waals surface area contributed by atoms with Crippen molar-refractivity contribution in [1.82, 2.24) is 0 Å². The van der Waals surface area contributed by atoms with E-state index in [0.717, 1.165) is 31.3 Å². The van der Waals surface area contributed by atoms with Crippen molar-refractivity contribution in [3.05, 3.63) is 22.8 Å². The smallest absolute Gasteiger partial charge is 0.159 e. The van der Waals surface area contributed by atoms with Gasteiger partial charge in [-0.1, -0.05) is 31.1 Å². The van der Waals surface area contributed by atoms with E-state index in [9.17, 15) is 4.79 Å². The first-order chi connectivity index (χ1) is 7.91. The Kier molecular flexibility index (Phi) is 5.17. The Morgan fingerprint density at radius 3 is 2.41 bits per heavy atom. The second-order valence-electron chi connectivity index (χ2n) is 5.88. The van der Waals surface area contributed by atoms with Crippen molar-refractivity contribution in [2.24, 2.45) is 11.8 Å². The van der Waals surface area contributed by atoms with Crippen molar-refractivity contribution in [1.29, 1.82) is 0 Å².